The number of H-pyrrole nitrogens is 1. The van der Waals surface area contributed by atoms with Gasteiger partial charge in [0.1, 0.15) is 0 Å². The molecule has 2 N–H and O–H groups in total. The highest BCUT2D eigenvalue weighted by Crippen LogP contribution is 2.26. The van der Waals surface area contributed by atoms with Crippen molar-refractivity contribution in [3.63, 3.8) is 0 Å². The third-order valence-corrected chi connectivity index (χ3v) is 4.21. The van der Waals surface area contributed by atoms with Crippen LogP contribution in [0.1, 0.15) is 23.9 Å². The molecule has 1 aromatic carbocycles. The Morgan fingerprint density at radius 1 is 1.30 bits per heavy atom. The number of nitrogens with one attached hydrogen (secondary N) is 1. The first-order valence-electron chi connectivity index (χ1n) is 6.92. The normalized spacial score (nSPS) is 17.9. The van der Waals surface area contributed by atoms with Crippen LogP contribution in [0.25, 0.3) is 11.0 Å². The maximum absolute atomic E-state index is 12.1. The van der Waals surface area contributed by atoms with Crippen molar-refractivity contribution < 1.29 is 14.5 Å². The van der Waals surface area contributed by atoms with Crippen LogP contribution in [0, 0.1) is 4.91 Å². The van der Waals surface area contributed by atoms with Crippen LogP contribution in [0.2, 0.25) is 0 Å². The average Bonchev–Trinajstić information content (AvgIpc) is 2.84. The molecule has 106 valence electrons. The molecule has 0 amide bonds. The van der Waals surface area contributed by atoms with Crippen LogP contribution >= 0.6 is 0 Å². The van der Waals surface area contributed by atoms with E-state index in [1.807, 2.05) is 19.1 Å². The van der Waals surface area contributed by atoms with E-state index in [-0.39, 0.29) is 0 Å². The largest absolute Gasteiger partial charge is 0.364 e. The molecular weight excluding hydrogens is 256 g/mol. The summed E-state index contributed by atoms with van der Waals surface area (Å²) in [5.41, 5.74) is 3.45. The lowest BCUT2D eigenvalue weighted by Gasteiger charge is -2.17. The van der Waals surface area contributed by atoms with Gasteiger partial charge in [-0.2, -0.15) is 0 Å². The Balaban J connectivity index is 2.21. The summed E-state index contributed by atoms with van der Waals surface area (Å²) >= 11 is 0. The SMILES string of the molecule is CCc1[nH][n+](=O)c2cc3c(cc2[n+]1O)CC(N(C)C)C3. The van der Waals surface area contributed by atoms with E-state index in [4.69, 9.17) is 0 Å². The van der Waals surface area contributed by atoms with E-state index in [9.17, 15) is 10.1 Å². The Hall–Kier alpha value is -1.95. The second kappa shape index (κ2) is 4.56. The van der Waals surface area contributed by atoms with E-state index >= 15 is 0 Å². The Morgan fingerprint density at radius 2 is 1.90 bits per heavy atom. The summed E-state index contributed by atoms with van der Waals surface area (Å²) in [4.78, 5) is 14.3. The summed E-state index contributed by atoms with van der Waals surface area (Å²) in [5, 5.41) is 12.9. The minimum atomic E-state index is 0.462. The van der Waals surface area contributed by atoms with Gasteiger partial charge < -0.3 is 10.1 Å². The molecule has 0 saturated heterocycles. The van der Waals surface area contributed by atoms with E-state index in [0.717, 1.165) is 22.1 Å². The van der Waals surface area contributed by atoms with Crippen LogP contribution in [0.3, 0.4) is 0 Å². The smallest absolute Gasteiger partial charge is 0.349 e. The molecule has 1 aliphatic carbocycles. The van der Waals surface area contributed by atoms with Crippen molar-refractivity contribution in [1.29, 1.82) is 0 Å². The summed E-state index contributed by atoms with van der Waals surface area (Å²) in [6.45, 7) is 1.89. The van der Waals surface area contributed by atoms with Gasteiger partial charge in [0.05, 0.1) is 11.3 Å². The van der Waals surface area contributed by atoms with Gasteiger partial charge in [-0.3, -0.25) is 0 Å². The van der Waals surface area contributed by atoms with E-state index in [1.165, 1.54) is 11.1 Å². The van der Waals surface area contributed by atoms with Gasteiger partial charge >= 0.3 is 11.3 Å². The molecule has 1 unspecified atom stereocenters. The fourth-order valence-corrected chi connectivity index (χ4v) is 2.92. The van der Waals surface area contributed by atoms with Crippen molar-refractivity contribution in [3.8, 4) is 0 Å². The summed E-state index contributed by atoms with van der Waals surface area (Å²) in [5.74, 6) is 0.495. The molecule has 3 rings (SSSR count). The van der Waals surface area contributed by atoms with Crippen LogP contribution in [-0.4, -0.2) is 35.3 Å². The molecule has 20 heavy (non-hydrogen) atoms. The number of aromatic nitrogens is 3. The average molecular weight is 276 g/mol. The van der Waals surface area contributed by atoms with Crippen molar-refractivity contribution in [2.24, 2.45) is 0 Å². The van der Waals surface area contributed by atoms with E-state index in [2.05, 4.69) is 24.1 Å². The maximum Gasteiger partial charge on any atom is 0.364 e. The molecule has 0 aliphatic heterocycles. The predicted molar refractivity (Wildman–Crippen MR) is 73.3 cm³/mol. The van der Waals surface area contributed by atoms with Crippen LogP contribution in [0.15, 0.2) is 12.1 Å². The lowest BCUT2D eigenvalue weighted by molar-refractivity contribution is -0.898. The lowest BCUT2D eigenvalue weighted by atomic mass is 10.1. The molecule has 1 aliphatic rings. The van der Waals surface area contributed by atoms with Gasteiger partial charge in [0.15, 0.2) is 0 Å². The van der Waals surface area contributed by atoms with E-state index in [1.54, 1.807) is 0 Å². The zero-order chi connectivity index (χ0) is 14.4. The highest BCUT2D eigenvalue weighted by Gasteiger charge is 2.30. The minimum absolute atomic E-state index is 0.462. The van der Waals surface area contributed by atoms with E-state index in [0.29, 0.717) is 29.3 Å². The summed E-state index contributed by atoms with van der Waals surface area (Å²) in [7, 11) is 4.14. The van der Waals surface area contributed by atoms with Gasteiger partial charge in [-0.1, -0.05) is 6.92 Å². The summed E-state index contributed by atoms with van der Waals surface area (Å²) < 4.78 is 1.83. The number of rotatable bonds is 2. The molecule has 1 aromatic heterocycles. The van der Waals surface area contributed by atoms with Gasteiger partial charge in [-0.05, 0) is 42.8 Å². The topological polar surface area (TPSA) is 66.1 Å². The van der Waals surface area contributed by atoms with Crippen LogP contribution in [-0.2, 0) is 19.3 Å². The van der Waals surface area contributed by atoms with Gasteiger partial charge in [0.25, 0.3) is 5.52 Å². The van der Waals surface area contributed by atoms with Crippen molar-refractivity contribution in [2.75, 3.05) is 14.1 Å². The molecule has 0 saturated carbocycles. The monoisotopic (exact) mass is 276 g/mol. The minimum Gasteiger partial charge on any atom is -0.349 e. The number of nitrogens with zero attached hydrogens (tertiary/aromatic N) is 3. The highest BCUT2D eigenvalue weighted by molar-refractivity contribution is 5.70. The molecule has 0 spiro atoms. The third kappa shape index (κ3) is 1.87. The van der Waals surface area contributed by atoms with E-state index < -0.39 is 0 Å². The number of aromatic amines is 1. The summed E-state index contributed by atoms with van der Waals surface area (Å²) in [6, 6.07) is 4.29. The number of aryl methyl sites for hydroxylation is 1. The van der Waals surface area contributed by atoms with Crippen molar-refractivity contribution in [3.05, 3.63) is 34.0 Å². The third-order valence-electron chi connectivity index (χ3n) is 4.21. The molecule has 6 nitrogen and oxygen atoms in total. The number of likely N-dealkylation sites (N-methyl/N-ethyl adjacent to an activating group) is 1. The molecule has 0 fully saturated rings. The zero-order valence-corrected chi connectivity index (χ0v) is 12.1. The van der Waals surface area contributed by atoms with Crippen LogP contribution < -0.4 is 9.27 Å². The number of fused-ring (bicyclic) bond motifs is 2. The Labute approximate surface area is 116 Å². The standard InChI is InChI=1S/C14H19N4O2/c1-4-14-15-18(20)13-8-10-6-11(16(2)3)5-9(10)7-12(13)17(14)19/h7-8,11,19H,4-6H2,1-3H3/q+1/p+1. The fourth-order valence-electron chi connectivity index (χ4n) is 2.92. The van der Waals surface area contributed by atoms with Crippen molar-refractivity contribution >= 4 is 11.0 Å². The zero-order valence-electron chi connectivity index (χ0n) is 12.1. The first kappa shape index (κ1) is 13.1. The Kier molecular flexibility index (Phi) is 2.97. The fraction of sp³-hybridized carbons (Fsp3) is 0.500. The lowest BCUT2D eigenvalue weighted by Crippen LogP contribution is -2.43. The Bertz CT molecular complexity index is 736. The number of benzene rings is 1. The number of hydrogen-bond acceptors (Lipinski definition) is 3. The van der Waals surface area contributed by atoms with Gasteiger partial charge in [-0.15, -0.1) is 0 Å². The molecule has 0 bridgehead atoms. The highest BCUT2D eigenvalue weighted by atomic mass is 16.5. The second-order valence-electron chi connectivity index (χ2n) is 5.65. The molecule has 0 radical (unpaired) electrons. The Morgan fingerprint density at radius 3 is 2.45 bits per heavy atom. The molecule has 2 aromatic rings. The first-order valence-corrected chi connectivity index (χ1v) is 6.92. The molecule has 1 atom stereocenters. The predicted octanol–water partition coefficient (Wildman–Crippen LogP) is 0.198. The number of hydrogen-bond donors (Lipinski definition) is 2. The van der Waals surface area contributed by atoms with Crippen LogP contribution in [0.5, 0.6) is 0 Å². The maximum atomic E-state index is 12.1. The van der Waals surface area contributed by atoms with Gasteiger partial charge in [-0.25, -0.2) is 0 Å². The van der Waals surface area contributed by atoms with Crippen LogP contribution in [0.4, 0.5) is 0 Å². The summed E-state index contributed by atoms with van der Waals surface area (Å²) in [6.07, 6.45) is 2.46. The molecule has 1 heterocycles. The molecular formula is C14H20N4O2+2. The quantitative estimate of drug-likeness (QED) is 0.608. The molecule has 6 heteroatoms. The van der Waals surface area contributed by atoms with Crippen molar-refractivity contribution in [1.82, 2.24) is 10.00 Å². The van der Waals surface area contributed by atoms with Gasteiger partial charge in [0, 0.05) is 23.3 Å². The first-order chi connectivity index (χ1) is 9.51. The second-order valence-corrected chi connectivity index (χ2v) is 5.65. The van der Waals surface area contributed by atoms with Gasteiger partial charge in [0.2, 0.25) is 4.54 Å². The van der Waals surface area contributed by atoms with Crippen molar-refractivity contribution in [2.45, 2.75) is 32.2 Å².